The molecule has 5 rings (SSSR count). The number of amides is 3. The number of para-hydroxylation sites is 1. The summed E-state index contributed by atoms with van der Waals surface area (Å²) in [5, 5.41) is 0.695. The molecule has 0 unspecified atom stereocenters. The smallest absolute Gasteiger partial charge is 0.261 e. The Hall–Kier alpha value is -3.64. The van der Waals surface area contributed by atoms with Gasteiger partial charge in [0.05, 0.1) is 21.8 Å². The van der Waals surface area contributed by atoms with E-state index in [4.69, 9.17) is 11.6 Å². The van der Waals surface area contributed by atoms with Gasteiger partial charge in [0.25, 0.3) is 17.7 Å². The van der Waals surface area contributed by atoms with Crippen LogP contribution in [0.4, 0.5) is 5.69 Å². The van der Waals surface area contributed by atoms with Gasteiger partial charge >= 0.3 is 0 Å². The third kappa shape index (κ3) is 4.17. The average Bonchev–Trinajstić information content (AvgIpc) is 3.12. The van der Waals surface area contributed by atoms with Crippen LogP contribution in [0.1, 0.15) is 36.6 Å². The van der Waals surface area contributed by atoms with Crippen molar-refractivity contribution in [1.82, 2.24) is 9.80 Å². The molecular weight excluding hydrogens is 450 g/mol. The highest BCUT2D eigenvalue weighted by molar-refractivity contribution is 6.33. The number of fused-ring (bicyclic) bond motifs is 1. The zero-order chi connectivity index (χ0) is 23.7. The second kappa shape index (κ2) is 9.31. The van der Waals surface area contributed by atoms with Crippen LogP contribution in [0.25, 0.3) is 0 Å². The number of benzene rings is 3. The van der Waals surface area contributed by atoms with Crippen molar-refractivity contribution in [1.29, 1.82) is 0 Å². The first-order chi connectivity index (χ1) is 16.5. The van der Waals surface area contributed by atoms with E-state index < -0.39 is 0 Å². The van der Waals surface area contributed by atoms with Crippen molar-refractivity contribution in [3.05, 3.63) is 100 Å². The van der Waals surface area contributed by atoms with Crippen LogP contribution in [0.5, 0.6) is 0 Å². The predicted octanol–water partition coefficient (Wildman–Crippen LogP) is 4.14. The van der Waals surface area contributed by atoms with Crippen molar-refractivity contribution < 1.29 is 14.4 Å². The van der Waals surface area contributed by atoms with E-state index in [2.05, 4.69) is 4.90 Å². The molecule has 2 aliphatic rings. The molecule has 1 fully saturated rings. The zero-order valence-electron chi connectivity index (χ0n) is 18.6. The summed E-state index contributed by atoms with van der Waals surface area (Å²) in [6.45, 7) is 2.76. The van der Waals surface area contributed by atoms with Gasteiger partial charge in [-0.05, 0) is 42.3 Å². The largest absolute Gasteiger partial charge is 0.367 e. The average molecular weight is 474 g/mol. The molecule has 34 heavy (non-hydrogen) atoms. The maximum Gasteiger partial charge on any atom is 0.261 e. The number of piperazine rings is 1. The minimum absolute atomic E-state index is 0.135. The van der Waals surface area contributed by atoms with E-state index >= 15 is 0 Å². The second-order valence-electron chi connectivity index (χ2n) is 8.49. The predicted molar refractivity (Wildman–Crippen MR) is 132 cm³/mol. The third-order valence-corrected chi connectivity index (χ3v) is 6.76. The summed E-state index contributed by atoms with van der Waals surface area (Å²) in [4.78, 5) is 44.2. The van der Waals surface area contributed by atoms with Crippen LogP contribution in [-0.4, -0.2) is 60.2 Å². The number of hydrogen-bond donors (Lipinski definition) is 0. The van der Waals surface area contributed by atoms with Crippen LogP contribution in [0.2, 0.25) is 5.02 Å². The number of rotatable bonds is 5. The summed E-state index contributed by atoms with van der Waals surface area (Å²) in [7, 11) is 0. The molecule has 0 aliphatic carbocycles. The van der Waals surface area contributed by atoms with Crippen molar-refractivity contribution >= 4 is 35.0 Å². The van der Waals surface area contributed by atoms with Crippen LogP contribution in [-0.2, 0) is 6.42 Å². The molecule has 7 heteroatoms. The topological polar surface area (TPSA) is 60.9 Å². The zero-order valence-corrected chi connectivity index (χ0v) is 19.4. The number of anilines is 1. The minimum atomic E-state index is -0.339. The fraction of sp³-hybridized carbons (Fsp3) is 0.222. The Bertz CT molecular complexity index is 1250. The lowest BCUT2D eigenvalue weighted by Crippen LogP contribution is -2.48. The van der Waals surface area contributed by atoms with E-state index in [0.717, 1.165) is 11.3 Å². The maximum absolute atomic E-state index is 13.2. The number of carbonyl (C=O) groups excluding carboxylic acids is 3. The van der Waals surface area contributed by atoms with Gasteiger partial charge in [0, 0.05) is 38.3 Å². The normalized spacial score (nSPS) is 15.6. The summed E-state index contributed by atoms with van der Waals surface area (Å²) < 4.78 is 0. The molecular formula is C27H24ClN3O3. The Morgan fingerprint density at radius 1 is 0.794 bits per heavy atom. The van der Waals surface area contributed by atoms with E-state index in [1.54, 1.807) is 23.1 Å². The molecule has 2 heterocycles. The third-order valence-electron chi connectivity index (χ3n) is 6.44. The second-order valence-corrected chi connectivity index (χ2v) is 8.90. The highest BCUT2D eigenvalue weighted by atomic mass is 35.5. The van der Waals surface area contributed by atoms with E-state index in [1.807, 2.05) is 54.6 Å². The highest BCUT2D eigenvalue weighted by Crippen LogP contribution is 2.28. The first-order valence-electron chi connectivity index (χ1n) is 11.4. The molecule has 0 atom stereocenters. The van der Waals surface area contributed by atoms with Crippen molar-refractivity contribution in [2.45, 2.75) is 6.42 Å². The monoisotopic (exact) mass is 473 g/mol. The van der Waals surface area contributed by atoms with Crippen LogP contribution in [0.3, 0.4) is 0 Å². The van der Waals surface area contributed by atoms with Gasteiger partial charge in [0.1, 0.15) is 0 Å². The van der Waals surface area contributed by atoms with Gasteiger partial charge in [-0.2, -0.15) is 0 Å². The molecule has 0 radical (unpaired) electrons. The van der Waals surface area contributed by atoms with Crippen LogP contribution >= 0.6 is 11.6 Å². The first kappa shape index (κ1) is 22.2. The lowest BCUT2D eigenvalue weighted by atomic mass is 10.0. The van der Waals surface area contributed by atoms with Gasteiger partial charge in [-0.25, -0.2) is 0 Å². The number of halogens is 1. The van der Waals surface area contributed by atoms with Gasteiger partial charge in [0.2, 0.25) is 0 Å². The Morgan fingerprint density at radius 2 is 1.47 bits per heavy atom. The molecule has 1 saturated heterocycles. The molecule has 6 nitrogen and oxygen atoms in total. The minimum Gasteiger partial charge on any atom is -0.367 e. The fourth-order valence-corrected chi connectivity index (χ4v) is 4.81. The van der Waals surface area contributed by atoms with E-state index in [-0.39, 0.29) is 17.7 Å². The quantitative estimate of drug-likeness (QED) is 0.522. The summed E-state index contributed by atoms with van der Waals surface area (Å²) in [5.74, 6) is -0.776. The van der Waals surface area contributed by atoms with Gasteiger partial charge in [-0.1, -0.05) is 54.1 Å². The Balaban J connectivity index is 1.26. The number of nitrogens with zero attached hydrogens (tertiary/aromatic N) is 3. The van der Waals surface area contributed by atoms with E-state index in [1.165, 1.54) is 4.90 Å². The van der Waals surface area contributed by atoms with Crippen molar-refractivity contribution in [3.8, 4) is 0 Å². The Kier molecular flexibility index (Phi) is 6.07. The molecule has 3 amide bonds. The van der Waals surface area contributed by atoms with Crippen LogP contribution in [0, 0.1) is 0 Å². The lowest BCUT2D eigenvalue weighted by Gasteiger charge is -2.36. The summed E-state index contributed by atoms with van der Waals surface area (Å²) in [6.07, 6.45) is 0.591. The molecule has 0 N–H and O–H groups in total. The number of carbonyl (C=O) groups is 3. The standard InChI is InChI=1S/C27H24ClN3O3/c28-23-8-4-5-9-24(23)29-14-16-30(17-15-29)25(32)20-10-11-21-22(18-20)27(34)31(26(21)33)13-12-19-6-2-1-3-7-19/h1-11,18H,12-17H2. The molecule has 172 valence electrons. The first-order valence-corrected chi connectivity index (χ1v) is 11.7. The van der Waals surface area contributed by atoms with Gasteiger partial charge < -0.3 is 9.80 Å². The van der Waals surface area contributed by atoms with E-state index in [0.29, 0.717) is 60.9 Å². The van der Waals surface area contributed by atoms with Gasteiger partial charge in [-0.15, -0.1) is 0 Å². The van der Waals surface area contributed by atoms with Crippen molar-refractivity contribution in [3.63, 3.8) is 0 Å². The van der Waals surface area contributed by atoms with Crippen LogP contribution < -0.4 is 4.90 Å². The van der Waals surface area contributed by atoms with Gasteiger partial charge in [0.15, 0.2) is 0 Å². The molecule has 3 aromatic carbocycles. The van der Waals surface area contributed by atoms with Crippen LogP contribution in [0.15, 0.2) is 72.8 Å². The maximum atomic E-state index is 13.2. The number of hydrogen-bond acceptors (Lipinski definition) is 4. The highest BCUT2D eigenvalue weighted by Gasteiger charge is 2.36. The Morgan fingerprint density at radius 3 is 2.21 bits per heavy atom. The lowest BCUT2D eigenvalue weighted by molar-refractivity contribution is 0.0655. The van der Waals surface area contributed by atoms with E-state index in [9.17, 15) is 14.4 Å². The fourth-order valence-electron chi connectivity index (χ4n) is 4.55. The Labute approximate surface area is 203 Å². The summed E-state index contributed by atoms with van der Waals surface area (Å²) in [5.41, 5.74) is 3.12. The summed E-state index contributed by atoms with van der Waals surface area (Å²) in [6, 6.07) is 22.3. The molecule has 0 saturated carbocycles. The molecule has 0 bridgehead atoms. The molecule has 0 aromatic heterocycles. The molecule has 2 aliphatic heterocycles. The summed E-state index contributed by atoms with van der Waals surface area (Å²) >= 11 is 6.32. The van der Waals surface area contributed by atoms with Gasteiger partial charge in [-0.3, -0.25) is 19.3 Å². The SMILES string of the molecule is O=C(c1ccc2c(c1)C(=O)N(CCc1ccccc1)C2=O)N1CCN(c2ccccc2Cl)CC1. The number of imide groups is 1. The van der Waals surface area contributed by atoms with Crippen molar-refractivity contribution in [2.24, 2.45) is 0 Å². The van der Waals surface area contributed by atoms with Crippen molar-refractivity contribution in [2.75, 3.05) is 37.6 Å². The molecule has 3 aromatic rings. The molecule has 0 spiro atoms.